The molecular weight excluding hydrogens is 220 g/mol. The summed E-state index contributed by atoms with van der Waals surface area (Å²) in [6, 6.07) is -0.268. The number of hydrogen-bond donors (Lipinski definition) is 1. The largest absolute Gasteiger partial charge is 0.337 e. The van der Waals surface area contributed by atoms with Gasteiger partial charge in [0.15, 0.2) is 5.82 Å². The number of carbonyl (C=O) groups excluding carboxylic acids is 1. The third-order valence-electron chi connectivity index (χ3n) is 2.90. The molecule has 1 aromatic heterocycles. The van der Waals surface area contributed by atoms with E-state index in [1.807, 2.05) is 13.8 Å². The monoisotopic (exact) mass is 238 g/mol. The molecule has 1 aliphatic heterocycles. The predicted molar refractivity (Wildman–Crippen MR) is 61.3 cm³/mol. The number of nitrogens with zero attached hydrogens (tertiary/aromatic N) is 3. The first-order valence-corrected chi connectivity index (χ1v) is 5.93. The lowest BCUT2D eigenvalue weighted by atomic mass is 10.0. The second kappa shape index (κ2) is 4.73. The molecule has 17 heavy (non-hydrogen) atoms. The maximum absolute atomic E-state index is 11.8. The Bertz CT molecular complexity index is 398. The summed E-state index contributed by atoms with van der Waals surface area (Å²) in [6.45, 7) is 7.46. The fourth-order valence-corrected chi connectivity index (χ4v) is 1.70. The summed E-state index contributed by atoms with van der Waals surface area (Å²) in [4.78, 5) is 17.8. The van der Waals surface area contributed by atoms with Crippen molar-refractivity contribution in [2.45, 2.75) is 33.2 Å². The number of urea groups is 1. The zero-order valence-corrected chi connectivity index (χ0v) is 10.4. The Labute approximate surface area is 100 Å². The van der Waals surface area contributed by atoms with E-state index in [-0.39, 0.29) is 18.0 Å². The highest BCUT2D eigenvalue weighted by Gasteiger charge is 2.28. The van der Waals surface area contributed by atoms with Crippen LogP contribution >= 0.6 is 0 Å². The summed E-state index contributed by atoms with van der Waals surface area (Å²) in [6.07, 6.45) is 1.08. The van der Waals surface area contributed by atoms with Gasteiger partial charge in [-0.2, -0.15) is 4.98 Å². The summed E-state index contributed by atoms with van der Waals surface area (Å²) < 4.78 is 5.13. The van der Waals surface area contributed by atoms with Crippen LogP contribution < -0.4 is 5.32 Å². The predicted octanol–water partition coefficient (Wildman–Crippen LogP) is 1.49. The number of hydrogen-bond acceptors (Lipinski definition) is 4. The van der Waals surface area contributed by atoms with Gasteiger partial charge in [0.05, 0.1) is 0 Å². The zero-order chi connectivity index (χ0) is 12.4. The van der Waals surface area contributed by atoms with Gasteiger partial charge in [-0.1, -0.05) is 19.0 Å². The number of nitrogens with one attached hydrogen (secondary N) is 1. The Balaban J connectivity index is 2.04. The smallest absolute Gasteiger partial charge is 0.318 e. The van der Waals surface area contributed by atoms with E-state index in [0.29, 0.717) is 11.7 Å². The van der Waals surface area contributed by atoms with Crippen LogP contribution in [0.4, 0.5) is 4.79 Å². The van der Waals surface area contributed by atoms with E-state index in [2.05, 4.69) is 15.5 Å². The molecule has 94 valence electrons. The molecule has 1 saturated heterocycles. The van der Waals surface area contributed by atoms with Crippen LogP contribution in [0.15, 0.2) is 4.52 Å². The summed E-state index contributed by atoms with van der Waals surface area (Å²) in [5.74, 6) is 1.27. The van der Waals surface area contributed by atoms with Crippen LogP contribution in [-0.4, -0.2) is 34.2 Å². The maximum Gasteiger partial charge on any atom is 0.318 e. The second-order valence-electron chi connectivity index (χ2n) is 4.69. The van der Waals surface area contributed by atoms with Crippen molar-refractivity contribution in [1.29, 1.82) is 0 Å². The molecule has 0 radical (unpaired) electrons. The molecule has 1 fully saturated rings. The van der Waals surface area contributed by atoms with Crippen LogP contribution in [0.2, 0.25) is 0 Å². The van der Waals surface area contributed by atoms with Gasteiger partial charge in [0.25, 0.3) is 0 Å². The van der Waals surface area contributed by atoms with Gasteiger partial charge in [-0.15, -0.1) is 0 Å². The van der Waals surface area contributed by atoms with E-state index in [1.54, 1.807) is 11.8 Å². The Hall–Kier alpha value is -1.59. The third kappa shape index (κ3) is 2.57. The maximum atomic E-state index is 11.8. The van der Waals surface area contributed by atoms with Crippen LogP contribution in [0.5, 0.6) is 0 Å². The van der Waals surface area contributed by atoms with Crippen molar-refractivity contribution in [3.8, 4) is 0 Å². The SMILES string of the molecule is Cc1noc(C(NC(=O)N2CCC2)C(C)C)n1. The van der Waals surface area contributed by atoms with Crippen molar-refractivity contribution in [1.82, 2.24) is 20.4 Å². The van der Waals surface area contributed by atoms with Gasteiger partial charge in [0.1, 0.15) is 6.04 Å². The molecule has 0 bridgehead atoms. The Morgan fingerprint density at radius 2 is 2.18 bits per heavy atom. The fraction of sp³-hybridized carbons (Fsp3) is 0.727. The lowest BCUT2D eigenvalue weighted by molar-refractivity contribution is 0.157. The molecule has 1 unspecified atom stereocenters. The molecule has 6 nitrogen and oxygen atoms in total. The summed E-state index contributed by atoms with van der Waals surface area (Å²) in [5.41, 5.74) is 0. The van der Waals surface area contributed by atoms with Gasteiger partial charge in [-0.05, 0) is 19.3 Å². The first-order chi connectivity index (χ1) is 8.08. The average molecular weight is 238 g/mol. The summed E-state index contributed by atoms with van der Waals surface area (Å²) in [7, 11) is 0. The lowest BCUT2D eigenvalue weighted by Crippen LogP contribution is -2.49. The molecule has 6 heteroatoms. The highest BCUT2D eigenvalue weighted by Crippen LogP contribution is 2.20. The van der Waals surface area contributed by atoms with Crippen molar-refractivity contribution in [2.75, 3.05) is 13.1 Å². The molecule has 0 aliphatic carbocycles. The van der Waals surface area contributed by atoms with E-state index < -0.39 is 0 Å². The Morgan fingerprint density at radius 1 is 1.47 bits per heavy atom. The van der Waals surface area contributed by atoms with Crippen molar-refractivity contribution in [2.24, 2.45) is 5.92 Å². The number of rotatable bonds is 3. The molecule has 0 saturated carbocycles. The molecule has 1 N–H and O–H groups in total. The van der Waals surface area contributed by atoms with Gasteiger partial charge >= 0.3 is 6.03 Å². The highest BCUT2D eigenvalue weighted by atomic mass is 16.5. The van der Waals surface area contributed by atoms with Gasteiger partial charge < -0.3 is 14.7 Å². The lowest BCUT2D eigenvalue weighted by Gasteiger charge is -2.32. The first-order valence-electron chi connectivity index (χ1n) is 5.93. The molecule has 1 aliphatic rings. The van der Waals surface area contributed by atoms with Gasteiger partial charge in [-0.25, -0.2) is 4.79 Å². The van der Waals surface area contributed by atoms with Crippen LogP contribution in [0.25, 0.3) is 0 Å². The molecule has 2 amide bonds. The van der Waals surface area contributed by atoms with E-state index in [9.17, 15) is 4.79 Å². The minimum absolute atomic E-state index is 0.0502. The molecule has 0 aromatic carbocycles. The van der Waals surface area contributed by atoms with Gasteiger partial charge in [-0.3, -0.25) is 0 Å². The first kappa shape index (κ1) is 11.9. The molecule has 2 heterocycles. The molecule has 1 aromatic rings. The number of aromatic nitrogens is 2. The van der Waals surface area contributed by atoms with Crippen molar-refractivity contribution in [3.63, 3.8) is 0 Å². The highest BCUT2D eigenvalue weighted by molar-refractivity contribution is 5.75. The summed E-state index contributed by atoms with van der Waals surface area (Å²) in [5, 5.41) is 6.69. The molecule has 1 atom stereocenters. The van der Waals surface area contributed by atoms with Crippen LogP contribution in [0.1, 0.15) is 38.0 Å². The minimum atomic E-state index is -0.218. The second-order valence-corrected chi connectivity index (χ2v) is 4.69. The van der Waals surface area contributed by atoms with E-state index in [4.69, 9.17) is 4.52 Å². The van der Waals surface area contributed by atoms with Crippen LogP contribution in [0, 0.1) is 12.8 Å². The zero-order valence-electron chi connectivity index (χ0n) is 10.4. The van der Waals surface area contributed by atoms with Gasteiger partial charge in [0.2, 0.25) is 5.89 Å². The normalized spacial score (nSPS) is 16.8. The number of carbonyl (C=O) groups is 1. The minimum Gasteiger partial charge on any atom is -0.337 e. The quantitative estimate of drug-likeness (QED) is 0.866. The summed E-state index contributed by atoms with van der Waals surface area (Å²) >= 11 is 0. The molecule has 2 rings (SSSR count). The number of aryl methyl sites for hydroxylation is 1. The van der Waals surface area contributed by atoms with Gasteiger partial charge in [0, 0.05) is 13.1 Å². The molecule has 0 spiro atoms. The van der Waals surface area contributed by atoms with Crippen LogP contribution in [0.3, 0.4) is 0 Å². The van der Waals surface area contributed by atoms with E-state index in [1.165, 1.54) is 0 Å². The Kier molecular flexibility index (Phi) is 3.31. The third-order valence-corrected chi connectivity index (χ3v) is 2.90. The van der Waals surface area contributed by atoms with Crippen molar-refractivity contribution < 1.29 is 9.32 Å². The molecular formula is C11H18N4O2. The average Bonchev–Trinajstić information content (AvgIpc) is 2.57. The standard InChI is InChI=1S/C11H18N4O2/c1-7(2)9(10-12-8(3)14-17-10)13-11(16)15-5-4-6-15/h7,9H,4-6H2,1-3H3,(H,13,16). The van der Waals surface area contributed by atoms with Crippen molar-refractivity contribution >= 4 is 6.03 Å². The topological polar surface area (TPSA) is 71.3 Å². The Morgan fingerprint density at radius 3 is 2.59 bits per heavy atom. The van der Waals surface area contributed by atoms with E-state index in [0.717, 1.165) is 19.5 Å². The fourth-order valence-electron chi connectivity index (χ4n) is 1.70. The van der Waals surface area contributed by atoms with Crippen molar-refractivity contribution in [3.05, 3.63) is 11.7 Å². The number of likely N-dealkylation sites (tertiary alicyclic amines) is 1. The van der Waals surface area contributed by atoms with Crippen LogP contribution in [-0.2, 0) is 0 Å². The number of amides is 2. The van der Waals surface area contributed by atoms with E-state index >= 15 is 0 Å².